The Morgan fingerprint density at radius 2 is 1.85 bits per heavy atom. The molecule has 0 aliphatic heterocycles. The molecule has 0 aliphatic carbocycles. The molecule has 1 aromatic carbocycles. The second-order valence-electron chi connectivity index (χ2n) is 4.53. The van der Waals surface area contributed by atoms with Crippen molar-refractivity contribution >= 4 is 11.0 Å². The predicted octanol–water partition coefficient (Wildman–Crippen LogP) is 2.78. The minimum Gasteiger partial charge on any atom is -0.497 e. The minimum absolute atomic E-state index is 0.258. The van der Waals surface area contributed by atoms with E-state index in [-0.39, 0.29) is 6.04 Å². The molecule has 0 aromatic heterocycles. The molecule has 0 aliphatic rings. The summed E-state index contributed by atoms with van der Waals surface area (Å²) in [5, 5.41) is 0. The Hall–Kier alpha value is -1.08. The first-order chi connectivity index (χ1) is 9.23. The van der Waals surface area contributed by atoms with Crippen LogP contribution in [0.3, 0.4) is 0 Å². The highest BCUT2D eigenvalue weighted by Crippen LogP contribution is 2.19. The Labute approximate surface area is 119 Å². The van der Waals surface area contributed by atoms with Gasteiger partial charge in [0.05, 0.1) is 7.11 Å². The van der Waals surface area contributed by atoms with Crippen molar-refractivity contribution < 1.29 is 22.1 Å². The first-order valence-electron chi connectivity index (χ1n) is 6.04. The normalized spacial score (nSPS) is 15.2. The van der Waals surface area contributed by atoms with Crippen molar-refractivity contribution in [3.63, 3.8) is 0 Å². The molecular formula is C13H18F3NO2S. The molecule has 1 aromatic rings. The summed E-state index contributed by atoms with van der Waals surface area (Å²) in [6.45, 7) is 1.75. The summed E-state index contributed by atoms with van der Waals surface area (Å²) < 4.78 is 54.5. The Morgan fingerprint density at radius 1 is 1.30 bits per heavy atom. The highest BCUT2D eigenvalue weighted by molar-refractivity contribution is 7.82. The molecule has 0 saturated heterocycles. The Bertz CT molecular complexity index is 448. The van der Waals surface area contributed by atoms with Crippen molar-refractivity contribution in [2.24, 2.45) is 0 Å². The third-order valence-corrected chi connectivity index (χ3v) is 4.50. The molecule has 2 unspecified atom stereocenters. The maximum Gasteiger partial charge on any atom is 0.401 e. The van der Waals surface area contributed by atoms with Crippen LogP contribution in [0.1, 0.15) is 12.5 Å². The number of benzene rings is 1. The maximum absolute atomic E-state index is 12.2. The van der Waals surface area contributed by atoms with Crippen molar-refractivity contribution in [3.8, 4) is 5.75 Å². The van der Waals surface area contributed by atoms with Crippen LogP contribution in [-0.4, -0.2) is 40.6 Å². The van der Waals surface area contributed by atoms with Gasteiger partial charge in [0.25, 0.3) is 0 Å². The lowest BCUT2D eigenvalue weighted by atomic mass is 10.1. The molecule has 20 heavy (non-hydrogen) atoms. The zero-order valence-electron chi connectivity index (χ0n) is 11.6. The number of methoxy groups -OCH3 is 1. The van der Waals surface area contributed by atoms with Crippen LogP contribution in [0.2, 0.25) is 0 Å². The fourth-order valence-corrected chi connectivity index (χ4v) is 2.63. The zero-order valence-corrected chi connectivity index (χ0v) is 12.4. The van der Waals surface area contributed by atoms with E-state index < -0.39 is 22.9 Å². The lowest BCUT2D eigenvalue weighted by Gasteiger charge is -2.24. The largest absolute Gasteiger partial charge is 0.497 e. The summed E-state index contributed by atoms with van der Waals surface area (Å²) in [5.41, 5.74) is 0.953. The fourth-order valence-electron chi connectivity index (χ4n) is 1.67. The second kappa shape index (κ2) is 7.08. The SMILES string of the molecule is COc1ccc(CC(C)N(C)S(=O)CC(F)(F)F)cc1. The van der Waals surface area contributed by atoms with E-state index in [1.165, 1.54) is 11.4 Å². The molecule has 0 N–H and O–H groups in total. The summed E-state index contributed by atoms with van der Waals surface area (Å²) in [5.74, 6) is -0.591. The minimum atomic E-state index is -4.42. The van der Waals surface area contributed by atoms with Gasteiger partial charge in [-0.3, -0.25) is 0 Å². The van der Waals surface area contributed by atoms with E-state index in [1.54, 1.807) is 26.2 Å². The van der Waals surface area contributed by atoms with Crippen molar-refractivity contribution in [1.29, 1.82) is 0 Å². The quantitative estimate of drug-likeness (QED) is 0.809. The summed E-state index contributed by atoms with van der Waals surface area (Å²) >= 11 is 0. The number of alkyl halides is 3. The fraction of sp³-hybridized carbons (Fsp3) is 0.538. The van der Waals surface area contributed by atoms with Gasteiger partial charge in [0.2, 0.25) is 0 Å². The summed E-state index contributed by atoms with van der Waals surface area (Å²) in [7, 11) is 0.941. The van der Waals surface area contributed by atoms with E-state index in [9.17, 15) is 17.4 Å². The van der Waals surface area contributed by atoms with Gasteiger partial charge < -0.3 is 4.74 Å². The highest BCUT2D eigenvalue weighted by Gasteiger charge is 2.33. The van der Waals surface area contributed by atoms with Gasteiger partial charge in [-0.1, -0.05) is 12.1 Å². The molecule has 0 fully saturated rings. The topological polar surface area (TPSA) is 29.5 Å². The predicted molar refractivity (Wildman–Crippen MR) is 73.0 cm³/mol. The van der Waals surface area contributed by atoms with Gasteiger partial charge in [-0.2, -0.15) is 13.2 Å². The van der Waals surface area contributed by atoms with Gasteiger partial charge in [0.1, 0.15) is 22.5 Å². The average Bonchev–Trinajstić information content (AvgIpc) is 2.36. The van der Waals surface area contributed by atoms with Crippen molar-refractivity contribution in [1.82, 2.24) is 4.31 Å². The summed E-state index contributed by atoms with van der Waals surface area (Å²) in [6, 6.07) is 7.00. The van der Waals surface area contributed by atoms with E-state index in [0.717, 1.165) is 11.3 Å². The van der Waals surface area contributed by atoms with Crippen molar-refractivity contribution in [2.45, 2.75) is 25.6 Å². The molecule has 0 bridgehead atoms. The number of halogens is 3. The third-order valence-electron chi connectivity index (χ3n) is 2.92. The molecule has 0 spiro atoms. The molecule has 0 heterocycles. The van der Waals surface area contributed by atoms with Gasteiger partial charge in [0, 0.05) is 13.1 Å². The first-order valence-corrected chi connectivity index (χ1v) is 7.31. The molecule has 0 amide bonds. The number of hydrogen-bond acceptors (Lipinski definition) is 2. The Balaban J connectivity index is 2.60. The standard InChI is InChI=1S/C13H18F3NO2S/c1-10(17(2)20(18)9-13(14,15)16)8-11-4-6-12(19-3)7-5-11/h4-7,10H,8-9H2,1-3H3. The van der Waals surface area contributed by atoms with Gasteiger partial charge in [-0.15, -0.1) is 0 Å². The molecule has 7 heteroatoms. The van der Waals surface area contributed by atoms with Crippen molar-refractivity contribution in [3.05, 3.63) is 29.8 Å². The maximum atomic E-state index is 12.2. The molecule has 2 atom stereocenters. The lowest BCUT2D eigenvalue weighted by Crippen LogP contribution is -2.37. The molecule has 0 radical (unpaired) electrons. The van der Waals surface area contributed by atoms with Crippen LogP contribution in [0.5, 0.6) is 5.75 Å². The van der Waals surface area contributed by atoms with Gasteiger partial charge in [-0.05, 0) is 31.0 Å². The third kappa shape index (κ3) is 5.50. The van der Waals surface area contributed by atoms with E-state index in [1.807, 2.05) is 12.1 Å². The van der Waals surface area contributed by atoms with Gasteiger partial charge in [0.15, 0.2) is 0 Å². The Morgan fingerprint density at radius 3 is 2.30 bits per heavy atom. The van der Waals surface area contributed by atoms with E-state index in [2.05, 4.69) is 0 Å². The van der Waals surface area contributed by atoms with Crippen molar-refractivity contribution in [2.75, 3.05) is 19.9 Å². The number of hydrogen-bond donors (Lipinski definition) is 0. The van der Waals surface area contributed by atoms with E-state index in [4.69, 9.17) is 4.74 Å². The van der Waals surface area contributed by atoms with Crippen LogP contribution in [0.4, 0.5) is 13.2 Å². The van der Waals surface area contributed by atoms with Crippen LogP contribution in [0.15, 0.2) is 24.3 Å². The smallest absolute Gasteiger partial charge is 0.401 e. The summed E-state index contributed by atoms with van der Waals surface area (Å²) in [4.78, 5) is 0. The van der Waals surface area contributed by atoms with E-state index in [0.29, 0.717) is 6.42 Å². The molecule has 1 rings (SSSR count). The number of nitrogens with zero attached hydrogens (tertiary/aromatic N) is 1. The van der Waals surface area contributed by atoms with Crippen LogP contribution in [-0.2, 0) is 17.4 Å². The van der Waals surface area contributed by atoms with Gasteiger partial charge >= 0.3 is 6.18 Å². The number of likely N-dealkylation sites (N-methyl/N-ethyl adjacent to an activating group) is 1. The van der Waals surface area contributed by atoms with Gasteiger partial charge in [-0.25, -0.2) is 8.51 Å². The molecule has 0 saturated carbocycles. The highest BCUT2D eigenvalue weighted by atomic mass is 32.2. The first kappa shape index (κ1) is 17.0. The zero-order chi connectivity index (χ0) is 15.3. The number of ether oxygens (including phenoxy) is 1. The molecule has 3 nitrogen and oxygen atoms in total. The Kier molecular flexibility index (Phi) is 6.01. The van der Waals surface area contributed by atoms with Crippen LogP contribution in [0, 0.1) is 0 Å². The molecule has 114 valence electrons. The molecular weight excluding hydrogens is 291 g/mol. The number of rotatable bonds is 6. The second-order valence-corrected chi connectivity index (χ2v) is 6.04. The van der Waals surface area contributed by atoms with E-state index >= 15 is 0 Å². The van der Waals surface area contributed by atoms with Crippen LogP contribution >= 0.6 is 0 Å². The average molecular weight is 309 g/mol. The lowest BCUT2D eigenvalue weighted by molar-refractivity contribution is -0.106. The van der Waals surface area contributed by atoms with Crippen LogP contribution < -0.4 is 4.74 Å². The monoisotopic (exact) mass is 309 g/mol. The summed E-state index contributed by atoms with van der Waals surface area (Å²) in [6.07, 6.45) is -3.90. The van der Waals surface area contributed by atoms with Crippen LogP contribution in [0.25, 0.3) is 0 Å².